The molecule has 0 spiro atoms. The third-order valence-corrected chi connectivity index (χ3v) is 4.97. The van der Waals surface area contributed by atoms with Gasteiger partial charge in [-0.05, 0) is 25.7 Å². The van der Waals surface area contributed by atoms with Gasteiger partial charge in [-0.2, -0.15) is 18.3 Å². The normalized spacial score (nSPS) is 18.1. The molecule has 0 saturated carbocycles. The average molecular weight is 353 g/mol. The number of nitrogens with zero attached hydrogens (tertiary/aromatic N) is 5. The third kappa shape index (κ3) is 2.91. The van der Waals surface area contributed by atoms with Crippen molar-refractivity contribution in [3.8, 4) is 0 Å². The van der Waals surface area contributed by atoms with Crippen LogP contribution in [0.15, 0.2) is 18.7 Å². The summed E-state index contributed by atoms with van der Waals surface area (Å²) in [6.45, 7) is 0.963. The number of aromatic nitrogens is 4. The molecule has 3 heterocycles. The van der Waals surface area contributed by atoms with Gasteiger partial charge in [-0.3, -0.25) is 9.48 Å². The third-order valence-electron chi connectivity index (χ3n) is 4.97. The second-order valence-electron chi connectivity index (χ2n) is 6.60. The Labute approximate surface area is 142 Å². The zero-order valence-electron chi connectivity index (χ0n) is 13.5. The first-order valence-electron chi connectivity index (χ1n) is 8.34. The minimum absolute atomic E-state index is 0.130. The highest BCUT2D eigenvalue weighted by molar-refractivity contribution is 5.77. The summed E-state index contributed by atoms with van der Waals surface area (Å²) in [6, 6.07) is 0.184. The molecule has 1 aliphatic carbocycles. The van der Waals surface area contributed by atoms with Crippen molar-refractivity contribution in [3.63, 3.8) is 0 Å². The molecule has 1 aliphatic heterocycles. The van der Waals surface area contributed by atoms with Crippen LogP contribution in [0.2, 0.25) is 0 Å². The van der Waals surface area contributed by atoms with Crippen LogP contribution >= 0.6 is 0 Å². The molecule has 1 amide bonds. The number of likely N-dealkylation sites (tertiary alicyclic amines) is 1. The zero-order chi connectivity index (χ0) is 17.6. The number of hydrogen-bond acceptors (Lipinski definition) is 3. The highest BCUT2D eigenvalue weighted by atomic mass is 19.4. The zero-order valence-corrected chi connectivity index (χ0v) is 13.5. The van der Waals surface area contributed by atoms with E-state index in [0.29, 0.717) is 31.6 Å². The average Bonchev–Trinajstić information content (AvgIpc) is 3.14. The molecule has 0 unspecified atom stereocenters. The van der Waals surface area contributed by atoms with Crippen LogP contribution in [0.4, 0.5) is 13.2 Å². The summed E-state index contributed by atoms with van der Waals surface area (Å²) in [7, 11) is 0. The lowest BCUT2D eigenvalue weighted by Crippen LogP contribution is -2.51. The van der Waals surface area contributed by atoms with E-state index in [4.69, 9.17) is 0 Å². The summed E-state index contributed by atoms with van der Waals surface area (Å²) in [5, 5.41) is 3.74. The molecule has 1 saturated heterocycles. The maximum atomic E-state index is 13.2. The van der Waals surface area contributed by atoms with Crippen LogP contribution in [0.1, 0.15) is 35.8 Å². The molecule has 6 nitrogen and oxygen atoms in total. The van der Waals surface area contributed by atoms with Crippen LogP contribution in [0.3, 0.4) is 0 Å². The summed E-state index contributed by atoms with van der Waals surface area (Å²) in [4.78, 5) is 18.0. The van der Waals surface area contributed by atoms with Crippen LogP contribution in [0, 0.1) is 0 Å². The molecule has 25 heavy (non-hydrogen) atoms. The van der Waals surface area contributed by atoms with E-state index in [1.165, 1.54) is 4.68 Å². The summed E-state index contributed by atoms with van der Waals surface area (Å²) in [5.74, 6) is -0.194. The Kier molecular flexibility index (Phi) is 3.81. The van der Waals surface area contributed by atoms with E-state index in [-0.39, 0.29) is 24.1 Å². The van der Waals surface area contributed by atoms with Gasteiger partial charge in [0, 0.05) is 36.7 Å². The number of carbonyl (C=O) groups is 1. The van der Waals surface area contributed by atoms with Crippen LogP contribution < -0.4 is 0 Å². The van der Waals surface area contributed by atoms with Gasteiger partial charge in [0.25, 0.3) is 0 Å². The van der Waals surface area contributed by atoms with Crippen LogP contribution in [0.5, 0.6) is 0 Å². The van der Waals surface area contributed by atoms with Gasteiger partial charge in [0.1, 0.15) is 6.54 Å². The van der Waals surface area contributed by atoms with Gasteiger partial charge in [0.2, 0.25) is 5.91 Å². The molecule has 0 bridgehead atoms. The Balaban J connectivity index is 1.48. The molecule has 0 radical (unpaired) electrons. The van der Waals surface area contributed by atoms with Crippen molar-refractivity contribution in [2.45, 2.75) is 44.4 Å². The summed E-state index contributed by atoms with van der Waals surface area (Å²) >= 11 is 0. The Morgan fingerprint density at radius 3 is 2.68 bits per heavy atom. The second kappa shape index (κ2) is 5.89. The lowest BCUT2D eigenvalue weighted by atomic mass is 9.95. The SMILES string of the molecule is O=C(Cn1nc(C(F)(F)F)c2c1CCCC2)N1CC(n2ccnc2)C1. The van der Waals surface area contributed by atoms with E-state index in [0.717, 1.165) is 12.8 Å². The van der Waals surface area contributed by atoms with Crippen LogP contribution in [0.25, 0.3) is 0 Å². The van der Waals surface area contributed by atoms with Crippen molar-refractivity contribution in [2.75, 3.05) is 13.1 Å². The molecule has 134 valence electrons. The minimum atomic E-state index is -4.47. The first-order valence-corrected chi connectivity index (χ1v) is 8.34. The van der Waals surface area contributed by atoms with Gasteiger partial charge < -0.3 is 9.47 Å². The number of amides is 1. The molecular weight excluding hydrogens is 335 g/mol. The molecule has 2 aliphatic rings. The van der Waals surface area contributed by atoms with E-state index in [1.54, 1.807) is 17.4 Å². The fraction of sp³-hybridized carbons (Fsp3) is 0.562. The van der Waals surface area contributed by atoms with E-state index >= 15 is 0 Å². The van der Waals surface area contributed by atoms with E-state index in [2.05, 4.69) is 10.1 Å². The van der Waals surface area contributed by atoms with Crippen LogP contribution in [-0.4, -0.2) is 43.2 Å². The predicted octanol–water partition coefficient (Wildman–Crippen LogP) is 2.06. The van der Waals surface area contributed by atoms with Gasteiger partial charge in [0.15, 0.2) is 5.69 Å². The van der Waals surface area contributed by atoms with Crippen LogP contribution in [-0.2, 0) is 30.4 Å². The minimum Gasteiger partial charge on any atom is -0.337 e. The summed E-state index contributed by atoms with van der Waals surface area (Å²) in [5.41, 5.74) is 0.0139. The quantitative estimate of drug-likeness (QED) is 0.849. The topological polar surface area (TPSA) is 56.0 Å². The lowest BCUT2D eigenvalue weighted by molar-refractivity contribution is -0.143. The molecular formula is C16H18F3N5O. The van der Waals surface area contributed by atoms with Crippen molar-refractivity contribution in [1.82, 2.24) is 24.2 Å². The fourth-order valence-electron chi connectivity index (χ4n) is 3.59. The molecule has 1 fully saturated rings. The Hall–Kier alpha value is -2.32. The summed E-state index contributed by atoms with van der Waals surface area (Å²) < 4.78 is 42.8. The van der Waals surface area contributed by atoms with Gasteiger partial charge in [0.05, 0.1) is 12.4 Å². The van der Waals surface area contributed by atoms with E-state index < -0.39 is 11.9 Å². The monoisotopic (exact) mass is 353 g/mol. The maximum Gasteiger partial charge on any atom is 0.435 e. The Morgan fingerprint density at radius 2 is 2.00 bits per heavy atom. The summed E-state index contributed by atoms with van der Waals surface area (Å²) in [6.07, 6.45) is 3.23. The molecule has 0 atom stereocenters. The molecule has 0 aromatic carbocycles. The first-order chi connectivity index (χ1) is 11.9. The second-order valence-corrected chi connectivity index (χ2v) is 6.60. The maximum absolute atomic E-state index is 13.2. The number of imidazole rings is 1. The van der Waals surface area contributed by atoms with Crippen molar-refractivity contribution in [1.29, 1.82) is 0 Å². The number of hydrogen-bond donors (Lipinski definition) is 0. The first kappa shape index (κ1) is 16.2. The van der Waals surface area contributed by atoms with Crippen molar-refractivity contribution < 1.29 is 18.0 Å². The van der Waals surface area contributed by atoms with E-state index in [9.17, 15) is 18.0 Å². The predicted molar refractivity (Wildman–Crippen MR) is 81.7 cm³/mol. The standard InChI is InChI=1S/C16H18F3N5O/c17-16(18,19)15-12-3-1-2-4-13(12)24(21-15)9-14(25)23-7-11(8-23)22-6-5-20-10-22/h5-6,10-11H,1-4,7-9H2. The van der Waals surface area contributed by atoms with E-state index in [1.807, 2.05) is 10.8 Å². The highest BCUT2D eigenvalue weighted by Crippen LogP contribution is 2.36. The highest BCUT2D eigenvalue weighted by Gasteiger charge is 2.40. The molecule has 4 rings (SSSR count). The Morgan fingerprint density at radius 1 is 1.24 bits per heavy atom. The van der Waals surface area contributed by atoms with Crippen molar-refractivity contribution >= 4 is 5.91 Å². The smallest absolute Gasteiger partial charge is 0.337 e. The number of fused-ring (bicyclic) bond motifs is 1. The van der Waals surface area contributed by atoms with Crippen molar-refractivity contribution in [3.05, 3.63) is 35.7 Å². The molecule has 0 N–H and O–H groups in total. The number of alkyl halides is 3. The molecule has 2 aromatic heterocycles. The number of halogens is 3. The van der Waals surface area contributed by atoms with Gasteiger partial charge >= 0.3 is 6.18 Å². The van der Waals surface area contributed by atoms with Crippen molar-refractivity contribution in [2.24, 2.45) is 0 Å². The number of carbonyl (C=O) groups excluding carboxylic acids is 1. The molecule has 2 aromatic rings. The molecule has 9 heteroatoms. The van der Waals surface area contributed by atoms with Gasteiger partial charge in [-0.1, -0.05) is 0 Å². The fourth-order valence-corrected chi connectivity index (χ4v) is 3.59. The largest absolute Gasteiger partial charge is 0.435 e. The van der Waals surface area contributed by atoms with Gasteiger partial charge in [-0.15, -0.1) is 0 Å². The number of rotatable bonds is 3. The Bertz CT molecular complexity index is 775. The lowest BCUT2D eigenvalue weighted by Gasteiger charge is -2.39. The van der Waals surface area contributed by atoms with Gasteiger partial charge in [-0.25, -0.2) is 4.98 Å².